The van der Waals surface area contributed by atoms with E-state index in [9.17, 15) is 0 Å². The van der Waals surface area contributed by atoms with Gasteiger partial charge in [-0.15, -0.1) is 24.0 Å². The largest absolute Gasteiger partial charge is 0.497 e. The number of guanidine groups is 1. The highest BCUT2D eigenvalue weighted by atomic mass is 127. The van der Waals surface area contributed by atoms with Gasteiger partial charge in [-0.25, -0.2) is 0 Å². The van der Waals surface area contributed by atoms with Crippen molar-refractivity contribution in [1.29, 1.82) is 0 Å². The Morgan fingerprint density at radius 3 is 2.34 bits per heavy atom. The lowest BCUT2D eigenvalue weighted by Gasteiger charge is -2.29. The van der Waals surface area contributed by atoms with E-state index in [-0.39, 0.29) is 30.0 Å². The van der Waals surface area contributed by atoms with Gasteiger partial charge < -0.3 is 24.8 Å². The van der Waals surface area contributed by atoms with Gasteiger partial charge in [0.1, 0.15) is 5.75 Å². The molecule has 0 spiro atoms. The fourth-order valence-corrected chi connectivity index (χ4v) is 3.87. The molecule has 0 bridgehead atoms. The van der Waals surface area contributed by atoms with Gasteiger partial charge in [0.05, 0.1) is 26.9 Å². The molecule has 2 aromatic rings. The zero-order valence-corrected chi connectivity index (χ0v) is 21.7. The molecule has 176 valence electrons. The van der Waals surface area contributed by atoms with E-state index < -0.39 is 0 Å². The van der Waals surface area contributed by atoms with Crippen LogP contribution in [0, 0.1) is 0 Å². The Hall–Kier alpha value is -2.20. The second-order valence-corrected chi connectivity index (χ2v) is 7.41. The Bertz CT molecular complexity index is 855. The van der Waals surface area contributed by atoms with Crippen LogP contribution in [0.2, 0.25) is 0 Å². The molecule has 1 aliphatic rings. The predicted octanol–water partition coefficient (Wildman–Crippen LogP) is 4.54. The van der Waals surface area contributed by atoms with Crippen molar-refractivity contribution < 1.29 is 14.2 Å². The molecule has 2 N–H and O–H groups in total. The Labute approximate surface area is 208 Å². The summed E-state index contributed by atoms with van der Waals surface area (Å²) in [6.07, 6.45) is 2.48. The third kappa shape index (κ3) is 6.90. The molecule has 1 unspecified atom stereocenters. The highest BCUT2D eigenvalue weighted by Crippen LogP contribution is 2.30. The summed E-state index contributed by atoms with van der Waals surface area (Å²) in [5, 5.41) is 6.86. The number of benzene rings is 2. The van der Waals surface area contributed by atoms with Crippen LogP contribution in [0.5, 0.6) is 17.2 Å². The minimum atomic E-state index is 0. The van der Waals surface area contributed by atoms with E-state index in [2.05, 4.69) is 32.7 Å². The second kappa shape index (κ2) is 13.4. The molecule has 7 nitrogen and oxygen atoms in total. The third-order valence-electron chi connectivity index (χ3n) is 5.49. The molecule has 1 fully saturated rings. The minimum Gasteiger partial charge on any atom is -0.497 e. The summed E-state index contributed by atoms with van der Waals surface area (Å²) in [5.74, 6) is 3.01. The first-order valence-electron chi connectivity index (χ1n) is 10.8. The average Bonchev–Trinajstić information content (AvgIpc) is 3.34. The van der Waals surface area contributed by atoms with Crippen LogP contribution in [-0.4, -0.2) is 58.4 Å². The number of nitrogens with zero attached hydrogens (tertiary/aromatic N) is 2. The van der Waals surface area contributed by atoms with Crippen molar-refractivity contribution in [2.45, 2.75) is 25.8 Å². The van der Waals surface area contributed by atoms with Gasteiger partial charge in [0, 0.05) is 25.3 Å². The number of hydrogen-bond donors (Lipinski definition) is 2. The van der Waals surface area contributed by atoms with Crippen LogP contribution in [0.25, 0.3) is 0 Å². The van der Waals surface area contributed by atoms with Gasteiger partial charge in [0.2, 0.25) is 0 Å². The van der Waals surface area contributed by atoms with Gasteiger partial charge in [-0.1, -0.05) is 12.1 Å². The van der Waals surface area contributed by atoms with E-state index in [1.165, 1.54) is 18.4 Å². The Kier molecular flexibility index (Phi) is 10.9. The average molecular weight is 554 g/mol. The summed E-state index contributed by atoms with van der Waals surface area (Å²) in [4.78, 5) is 6.94. The summed E-state index contributed by atoms with van der Waals surface area (Å²) in [7, 11) is 5.12. The van der Waals surface area contributed by atoms with E-state index in [4.69, 9.17) is 14.2 Å². The van der Waals surface area contributed by atoms with Crippen molar-refractivity contribution in [2.75, 3.05) is 52.8 Å². The van der Waals surface area contributed by atoms with Gasteiger partial charge in [0.25, 0.3) is 0 Å². The van der Waals surface area contributed by atoms with Crippen molar-refractivity contribution in [3.8, 4) is 17.2 Å². The van der Waals surface area contributed by atoms with Crippen LogP contribution in [0.15, 0.2) is 47.5 Å². The first-order valence-corrected chi connectivity index (χ1v) is 10.8. The Morgan fingerprint density at radius 1 is 1.03 bits per heavy atom. The molecule has 3 rings (SSSR count). The van der Waals surface area contributed by atoms with Gasteiger partial charge in [-0.05, 0) is 62.7 Å². The first kappa shape index (κ1) is 26.1. The molecule has 1 atom stereocenters. The monoisotopic (exact) mass is 554 g/mol. The lowest BCUT2D eigenvalue weighted by Crippen LogP contribution is -2.39. The summed E-state index contributed by atoms with van der Waals surface area (Å²) < 4.78 is 16.4. The smallest absolute Gasteiger partial charge is 0.195 e. The number of nitrogens with one attached hydrogen (secondary N) is 2. The van der Waals surface area contributed by atoms with Crippen molar-refractivity contribution in [3.05, 3.63) is 48.0 Å². The zero-order valence-electron chi connectivity index (χ0n) is 19.4. The number of hydrogen-bond acceptors (Lipinski definition) is 5. The lowest BCUT2D eigenvalue weighted by molar-refractivity contribution is 0.245. The Balaban J connectivity index is 0.00000363. The highest BCUT2D eigenvalue weighted by molar-refractivity contribution is 14.0. The van der Waals surface area contributed by atoms with Crippen molar-refractivity contribution in [3.63, 3.8) is 0 Å². The van der Waals surface area contributed by atoms with Crippen molar-refractivity contribution in [2.24, 2.45) is 4.99 Å². The maximum atomic E-state index is 5.68. The molecule has 0 radical (unpaired) electrons. The molecule has 0 amide bonds. The fourth-order valence-electron chi connectivity index (χ4n) is 3.87. The number of ether oxygens (including phenoxy) is 3. The predicted molar refractivity (Wildman–Crippen MR) is 141 cm³/mol. The zero-order chi connectivity index (χ0) is 22.1. The molecular weight excluding hydrogens is 519 g/mol. The van der Waals surface area contributed by atoms with Crippen molar-refractivity contribution in [1.82, 2.24) is 10.2 Å². The summed E-state index contributed by atoms with van der Waals surface area (Å²) in [6.45, 7) is 5.51. The molecule has 0 aliphatic carbocycles. The van der Waals surface area contributed by atoms with Crippen LogP contribution >= 0.6 is 24.0 Å². The topological polar surface area (TPSA) is 67.3 Å². The molecular formula is C24H35IN4O3. The molecule has 32 heavy (non-hydrogen) atoms. The van der Waals surface area contributed by atoms with E-state index in [0.717, 1.165) is 31.1 Å². The minimum absolute atomic E-state index is 0. The Morgan fingerprint density at radius 2 is 1.75 bits per heavy atom. The van der Waals surface area contributed by atoms with E-state index in [0.29, 0.717) is 24.1 Å². The van der Waals surface area contributed by atoms with Gasteiger partial charge in [0.15, 0.2) is 17.5 Å². The SMILES string of the molecule is CCOc1cc(NC(=NC)NCC(c2ccc(OC)cc2)N2CCCC2)ccc1OC.I. The molecule has 2 aromatic carbocycles. The van der Waals surface area contributed by atoms with Crippen LogP contribution < -0.4 is 24.8 Å². The summed E-state index contributed by atoms with van der Waals surface area (Å²) in [5.41, 5.74) is 2.16. The molecule has 1 saturated heterocycles. The number of likely N-dealkylation sites (tertiary alicyclic amines) is 1. The van der Waals surface area contributed by atoms with Gasteiger partial charge >= 0.3 is 0 Å². The molecule has 1 aliphatic heterocycles. The van der Waals surface area contributed by atoms with Crippen LogP contribution in [0.3, 0.4) is 0 Å². The highest BCUT2D eigenvalue weighted by Gasteiger charge is 2.23. The van der Waals surface area contributed by atoms with E-state index in [1.54, 1.807) is 21.3 Å². The second-order valence-electron chi connectivity index (χ2n) is 7.41. The van der Waals surface area contributed by atoms with E-state index >= 15 is 0 Å². The van der Waals surface area contributed by atoms with Gasteiger partial charge in [-0.3, -0.25) is 9.89 Å². The number of aliphatic imine (C=N–C) groups is 1. The standard InChI is InChI=1S/C24H34N4O3.HI/c1-5-31-23-16-19(10-13-22(23)30-4)27-24(25-2)26-17-21(28-14-6-7-15-28)18-8-11-20(29-3)12-9-18;/h8-13,16,21H,5-7,14-15,17H2,1-4H3,(H2,25,26,27);1H. The maximum absolute atomic E-state index is 5.68. The van der Waals surface area contributed by atoms with Gasteiger partial charge in [-0.2, -0.15) is 0 Å². The maximum Gasteiger partial charge on any atom is 0.195 e. The number of methoxy groups -OCH3 is 2. The lowest BCUT2D eigenvalue weighted by atomic mass is 10.1. The fraction of sp³-hybridized carbons (Fsp3) is 0.458. The summed E-state index contributed by atoms with van der Waals surface area (Å²) in [6, 6.07) is 14.4. The van der Waals surface area contributed by atoms with E-state index in [1.807, 2.05) is 37.3 Å². The number of anilines is 1. The molecule has 8 heteroatoms. The number of rotatable bonds is 9. The van der Waals surface area contributed by atoms with Crippen molar-refractivity contribution >= 4 is 35.6 Å². The normalized spacial score (nSPS) is 14.9. The molecule has 0 aromatic heterocycles. The van der Waals surface area contributed by atoms with Crippen LogP contribution in [-0.2, 0) is 0 Å². The number of halogens is 1. The summed E-state index contributed by atoms with van der Waals surface area (Å²) >= 11 is 0. The first-order chi connectivity index (χ1) is 15.2. The van der Waals surface area contributed by atoms with Crippen LogP contribution in [0.1, 0.15) is 31.4 Å². The molecule has 0 saturated carbocycles. The van der Waals surface area contributed by atoms with Crippen LogP contribution in [0.4, 0.5) is 5.69 Å². The molecule has 1 heterocycles. The third-order valence-corrected chi connectivity index (χ3v) is 5.49. The quantitative estimate of drug-likeness (QED) is 0.270.